The molecule has 0 unspecified atom stereocenters. The summed E-state index contributed by atoms with van der Waals surface area (Å²) in [6, 6.07) is 19.9. The van der Waals surface area contributed by atoms with Crippen molar-refractivity contribution < 1.29 is 14.3 Å². The number of hydrogen-bond acceptors (Lipinski definition) is 5. The number of aromatic nitrogens is 2. The molecule has 0 aliphatic heterocycles. The lowest BCUT2D eigenvalue weighted by Gasteiger charge is -2.10. The Morgan fingerprint density at radius 3 is 2.56 bits per heavy atom. The Morgan fingerprint density at radius 1 is 0.875 bits per heavy atom. The minimum absolute atomic E-state index is 0.214. The van der Waals surface area contributed by atoms with E-state index in [2.05, 4.69) is 20.6 Å². The second-order valence-corrected chi connectivity index (χ2v) is 7.07. The molecule has 0 radical (unpaired) electrons. The van der Waals surface area contributed by atoms with Gasteiger partial charge < -0.3 is 15.4 Å². The van der Waals surface area contributed by atoms with Crippen LogP contribution in [0.2, 0.25) is 0 Å². The highest BCUT2D eigenvalue weighted by molar-refractivity contribution is 6.04. The molecule has 4 rings (SSSR count). The lowest BCUT2D eigenvalue weighted by Crippen LogP contribution is -2.25. The molecular weight excluding hydrogens is 404 g/mol. The SMILES string of the molecule is O=C(NCCCOc1cccc2cccnc12)c1cccc(NC(=O)c2cccnc2)c1. The maximum absolute atomic E-state index is 12.5. The molecular formula is C25H22N4O3. The van der Waals surface area contributed by atoms with Crippen LogP contribution in [-0.4, -0.2) is 34.9 Å². The van der Waals surface area contributed by atoms with Gasteiger partial charge >= 0.3 is 0 Å². The zero-order valence-electron chi connectivity index (χ0n) is 17.3. The van der Waals surface area contributed by atoms with E-state index < -0.39 is 0 Å². The number of carbonyl (C=O) groups excluding carboxylic acids is 2. The Hall–Kier alpha value is -4.26. The summed E-state index contributed by atoms with van der Waals surface area (Å²) in [7, 11) is 0. The van der Waals surface area contributed by atoms with Crippen LogP contribution in [0.15, 0.2) is 85.3 Å². The van der Waals surface area contributed by atoms with Gasteiger partial charge in [0.1, 0.15) is 11.3 Å². The fourth-order valence-corrected chi connectivity index (χ4v) is 3.19. The summed E-state index contributed by atoms with van der Waals surface area (Å²) in [5.74, 6) is 0.233. The zero-order chi connectivity index (χ0) is 22.2. The van der Waals surface area contributed by atoms with Gasteiger partial charge in [0.2, 0.25) is 0 Å². The molecule has 7 heteroatoms. The molecule has 2 N–H and O–H groups in total. The van der Waals surface area contributed by atoms with Crippen LogP contribution in [0.3, 0.4) is 0 Å². The average molecular weight is 426 g/mol. The van der Waals surface area contributed by atoms with Gasteiger partial charge in [0.05, 0.1) is 12.2 Å². The summed E-state index contributed by atoms with van der Waals surface area (Å²) in [5, 5.41) is 6.68. The number of benzene rings is 2. The number of amides is 2. The number of pyridine rings is 2. The number of hydrogen-bond donors (Lipinski definition) is 2. The zero-order valence-corrected chi connectivity index (χ0v) is 17.3. The molecule has 0 spiro atoms. The van der Waals surface area contributed by atoms with Crippen molar-refractivity contribution in [2.75, 3.05) is 18.5 Å². The molecule has 0 bridgehead atoms. The van der Waals surface area contributed by atoms with Crippen LogP contribution in [0.25, 0.3) is 10.9 Å². The van der Waals surface area contributed by atoms with E-state index in [1.54, 1.807) is 48.8 Å². The quantitative estimate of drug-likeness (QED) is 0.414. The minimum atomic E-state index is -0.282. The van der Waals surface area contributed by atoms with Gasteiger partial charge in [-0.25, -0.2) is 0 Å². The van der Waals surface area contributed by atoms with Gasteiger partial charge in [-0.3, -0.25) is 19.6 Å². The van der Waals surface area contributed by atoms with Gasteiger partial charge in [0.15, 0.2) is 0 Å². The number of nitrogens with one attached hydrogen (secondary N) is 2. The lowest BCUT2D eigenvalue weighted by atomic mass is 10.1. The van der Waals surface area contributed by atoms with Crippen LogP contribution in [-0.2, 0) is 0 Å². The molecule has 0 fully saturated rings. The molecule has 2 aromatic heterocycles. The molecule has 0 atom stereocenters. The first-order valence-electron chi connectivity index (χ1n) is 10.3. The first kappa shape index (κ1) is 21.0. The van der Waals surface area contributed by atoms with Crippen molar-refractivity contribution >= 4 is 28.4 Å². The predicted octanol–water partition coefficient (Wildman–Crippen LogP) is 4.08. The van der Waals surface area contributed by atoms with Crippen molar-refractivity contribution in [3.05, 3.63) is 96.4 Å². The maximum Gasteiger partial charge on any atom is 0.257 e. The largest absolute Gasteiger partial charge is 0.491 e. The maximum atomic E-state index is 12.5. The van der Waals surface area contributed by atoms with Gasteiger partial charge in [-0.2, -0.15) is 0 Å². The molecule has 0 saturated carbocycles. The number of nitrogens with zero attached hydrogens (tertiary/aromatic N) is 2. The summed E-state index contributed by atoms with van der Waals surface area (Å²) in [4.78, 5) is 33.0. The monoisotopic (exact) mass is 426 g/mol. The van der Waals surface area contributed by atoms with E-state index >= 15 is 0 Å². The summed E-state index contributed by atoms with van der Waals surface area (Å²) in [5.41, 5.74) is 2.28. The molecule has 160 valence electrons. The molecule has 2 heterocycles. The summed E-state index contributed by atoms with van der Waals surface area (Å²) >= 11 is 0. The molecule has 2 amide bonds. The van der Waals surface area contributed by atoms with Crippen LogP contribution in [0.1, 0.15) is 27.1 Å². The van der Waals surface area contributed by atoms with E-state index in [0.717, 1.165) is 16.7 Å². The van der Waals surface area contributed by atoms with Crippen LogP contribution in [0.5, 0.6) is 5.75 Å². The number of para-hydroxylation sites is 1. The van der Waals surface area contributed by atoms with Gasteiger partial charge in [-0.1, -0.05) is 24.3 Å². The fraction of sp³-hybridized carbons (Fsp3) is 0.120. The van der Waals surface area contributed by atoms with Crippen LogP contribution >= 0.6 is 0 Å². The van der Waals surface area contributed by atoms with Gasteiger partial charge in [-0.05, 0) is 48.9 Å². The Kier molecular flexibility index (Phi) is 6.67. The molecule has 4 aromatic rings. The van der Waals surface area contributed by atoms with E-state index in [1.807, 2.05) is 30.3 Å². The van der Waals surface area contributed by atoms with E-state index in [9.17, 15) is 9.59 Å². The van der Waals surface area contributed by atoms with Gasteiger partial charge in [0.25, 0.3) is 11.8 Å². The summed E-state index contributed by atoms with van der Waals surface area (Å²) < 4.78 is 5.85. The van der Waals surface area contributed by atoms with Crippen LogP contribution in [0, 0.1) is 0 Å². The lowest BCUT2D eigenvalue weighted by molar-refractivity contribution is 0.0950. The molecule has 7 nitrogen and oxygen atoms in total. The van der Waals surface area contributed by atoms with Crippen molar-refractivity contribution in [2.45, 2.75) is 6.42 Å². The highest BCUT2D eigenvalue weighted by Gasteiger charge is 2.09. The molecule has 2 aromatic carbocycles. The molecule has 32 heavy (non-hydrogen) atoms. The Balaban J connectivity index is 1.26. The number of ether oxygens (including phenoxy) is 1. The summed E-state index contributed by atoms with van der Waals surface area (Å²) in [6.45, 7) is 0.917. The number of fused-ring (bicyclic) bond motifs is 1. The third kappa shape index (κ3) is 5.26. The van der Waals surface area contributed by atoms with Gasteiger partial charge in [-0.15, -0.1) is 0 Å². The first-order valence-corrected chi connectivity index (χ1v) is 10.3. The van der Waals surface area contributed by atoms with Crippen LogP contribution in [0.4, 0.5) is 5.69 Å². The topological polar surface area (TPSA) is 93.2 Å². The minimum Gasteiger partial charge on any atom is -0.491 e. The number of anilines is 1. The van der Waals surface area contributed by atoms with E-state index in [0.29, 0.717) is 36.4 Å². The summed E-state index contributed by atoms with van der Waals surface area (Å²) in [6.07, 6.45) is 5.48. The third-order valence-electron chi connectivity index (χ3n) is 4.77. The Morgan fingerprint density at radius 2 is 1.69 bits per heavy atom. The van der Waals surface area contributed by atoms with Crippen molar-refractivity contribution in [1.29, 1.82) is 0 Å². The van der Waals surface area contributed by atoms with Crippen molar-refractivity contribution in [3.63, 3.8) is 0 Å². The normalized spacial score (nSPS) is 10.5. The van der Waals surface area contributed by atoms with Gasteiger partial charge in [0, 0.05) is 41.8 Å². The smallest absolute Gasteiger partial charge is 0.257 e. The number of carbonyl (C=O) groups is 2. The predicted molar refractivity (Wildman–Crippen MR) is 123 cm³/mol. The highest BCUT2D eigenvalue weighted by atomic mass is 16.5. The van der Waals surface area contributed by atoms with E-state index in [-0.39, 0.29) is 11.8 Å². The average Bonchev–Trinajstić information content (AvgIpc) is 2.84. The van der Waals surface area contributed by atoms with E-state index in [4.69, 9.17) is 4.74 Å². The molecule has 0 aliphatic rings. The number of rotatable bonds is 8. The van der Waals surface area contributed by atoms with Crippen molar-refractivity contribution in [3.8, 4) is 5.75 Å². The molecule has 0 aliphatic carbocycles. The second kappa shape index (κ2) is 10.2. The third-order valence-corrected chi connectivity index (χ3v) is 4.77. The standard InChI is InChI=1S/C25H22N4O3/c30-24(19-7-1-10-21(16-19)29-25(31)20-9-3-12-26-17-20)28-14-5-15-32-22-11-2-6-18-8-4-13-27-23(18)22/h1-4,6-13,16-17H,5,14-15H2,(H,28,30)(H,29,31). The Labute approximate surface area is 185 Å². The fourth-order valence-electron chi connectivity index (χ4n) is 3.19. The molecule has 0 saturated heterocycles. The Bertz CT molecular complexity index is 1220. The van der Waals surface area contributed by atoms with Crippen molar-refractivity contribution in [1.82, 2.24) is 15.3 Å². The van der Waals surface area contributed by atoms with Crippen LogP contribution < -0.4 is 15.4 Å². The van der Waals surface area contributed by atoms with E-state index in [1.165, 1.54) is 6.20 Å². The van der Waals surface area contributed by atoms with Crippen molar-refractivity contribution in [2.24, 2.45) is 0 Å². The second-order valence-electron chi connectivity index (χ2n) is 7.07. The highest BCUT2D eigenvalue weighted by Crippen LogP contribution is 2.22. The first-order chi connectivity index (χ1) is 15.7.